The smallest absolute Gasteiger partial charge is 0.255 e. The Balaban J connectivity index is 1.44. The van der Waals surface area contributed by atoms with E-state index in [1.807, 2.05) is 61.5 Å². The molecule has 0 aliphatic heterocycles. The number of anilines is 1. The lowest BCUT2D eigenvalue weighted by Crippen LogP contribution is -2.13. The maximum atomic E-state index is 12.9. The van der Waals surface area contributed by atoms with Crippen molar-refractivity contribution in [2.75, 3.05) is 11.9 Å². The molecule has 0 bridgehead atoms. The summed E-state index contributed by atoms with van der Waals surface area (Å²) in [5.74, 6) is 2.52. The Bertz CT molecular complexity index is 1240. The van der Waals surface area contributed by atoms with Crippen LogP contribution in [0.15, 0.2) is 97.1 Å². The lowest BCUT2D eigenvalue weighted by Gasteiger charge is -2.14. The molecule has 0 radical (unpaired) electrons. The van der Waals surface area contributed by atoms with Crippen molar-refractivity contribution in [3.8, 4) is 23.0 Å². The number of amides is 1. The number of benzene rings is 4. The van der Waals surface area contributed by atoms with Gasteiger partial charge in [-0.15, -0.1) is 0 Å². The van der Waals surface area contributed by atoms with Gasteiger partial charge in [-0.3, -0.25) is 4.79 Å². The summed E-state index contributed by atoms with van der Waals surface area (Å²) in [6.07, 6.45) is 0. The highest BCUT2D eigenvalue weighted by Crippen LogP contribution is 2.26. The Morgan fingerprint density at radius 2 is 1.53 bits per heavy atom. The summed E-state index contributed by atoms with van der Waals surface area (Å²) in [5.41, 5.74) is 1.93. The van der Waals surface area contributed by atoms with Crippen LogP contribution in [0.2, 0.25) is 5.02 Å². The first kappa shape index (κ1) is 23.2. The zero-order valence-corrected chi connectivity index (χ0v) is 19.4. The summed E-state index contributed by atoms with van der Waals surface area (Å²) >= 11 is 6.04. The zero-order chi connectivity index (χ0) is 23.8. The van der Waals surface area contributed by atoms with E-state index < -0.39 is 0 Å². The van der Waals surface area contributed by atoms with Gasteiger partial charge in [0.25, 0.3) is 5.91 Å². The molecule has 0 fully saturated rings. The zero-order valence-electron chi connectivity index (χ0n) is 18.7. The third-order valence-electron chi connectivity index (χ3n) is 4.90. The van der Waals surface area contributed by atoms with Gasteiger partial charge in [-0.1, -0.05) is 35.9 Å². The molecule has 34 heavy (non-hydrogen) atoms. The number of hydrogen-bond acceptors (Lipinski definition) is 4. The van der Waals surface area contributed by atoms with Crippen molar-refractivity contribution >= 4 is 23.2 Å². The van der Waals surface area contributed by atoms with Gasteiger partial charge in [0.1, 0.15) is 29.6 Å². The van der Waals surface area contributed by atoms with E-state index in [9.17, 15) is 4.79 Å². The van der Waals surface area contributed by atoms with E-state index in [0.717, 1.165) is 11.3 Å². The summed E-state index contributed by atoms with van der Waals surface area (Å²) in [5, 5.41) is 3.51. The Morgan fingerprint density at radius 1 is 0.794 bits per heavy atom. The molecule has 0 heterocycles. The maximum Gasteiger partial charge on any atom is 0.255 e. The van der Waals surface area contributed by atoms with Crippen molar-refractivity contribution in [1.82, 2.24) is 0 Å². The van der Waals surface area contributed by atoms with Crippen LogP contribution in [-0.4, -0.2) is 12.5 Å². The van der Waals surface area contributed by atoms with Crippen LogP contribution < -0.4 is 19.5 Å². The number of carbonyl (C=O) groups excluding carboxylic acids is 1. The molecule has 1 amide bonds. The Labute approximate surface area is 203 Å². The first-order valence-electron chi connectivity index (χ1n) is 10.9. The molecule has 6 heteroatoms. The first-order valence-corrected chi connectivity index (χ1v) is 11.3. The molecule has 4 aromatic carbocycles. The monoisotopic (exact) mass is 473 g/mol. The van der Waals surface area contributed by atoms with Crippen LogP contribution in [0.1, 0.15) is 22.8 Å². The molecule has 4 aromatic rings. The Kier molecular flexibility index (Phi) is 7.68. The van der Waals surface area contributed by atoms with Gasteiger partial charge in [0.15, 0.2) is 0 Å². The minimum absolute atomic E-state index is 0.233. The van der Waals surface area contributed by atoms with Gasteiger partial charge < -0.3 is 19.5 Å². The van der Waals surface area contributed by atoms with E-state index in [2.05, 4.69) is 5.32 Å². The minimum Gasteiger partial charge on any atom is -0.493 e. The number of para-hydroxylation sites is 1. The van der Waals surface area contributed by atoms with Gasteiger partial charge in [0.2, 0.25) is 0 Å². The molecule has 0 aliphatic carbocycles. The highest BCUT2D eigenvalue weighted by atomic mass is 35.5. The predicted octanol–water partition coefficient (Wildman–Crippen LogP) is 7.36. The molecule has 0 atom stereocenters. The van der Waals surface area contributed by atoms with E-state index in [-0.39, 0.29) is 12.5 Å². The molecular formula is C28H24ClNO4. The summed E-state index contributed by atoms with van der Waals surface area (Å²) in [4.78, 5) is 12.9. The largest absolute Gasteiger partial charge is 0.493 e. The normalized spacial score (nSPS) is 10.4. The molecular weight excluding hydrogens is 450 g/mol. The van der Waals surface area contributed by atoms with Crippen molar-refractivity contribution in [2.45, 2.75) is 13.5 Å². The fourth-order valence-corrected chi connectivity index (χ4v) is 3.46. The molecule has 4 rings (SSSR count). The van der Waals surface area contributed by atoms with Gasteiger partial charge in [-0.2, -0.15) is 0 Å². The number of ether oxygens (including phenoxy) is 3. The number of halogens is 1. The number of rotatable bonds is 9. The number of nitrogens with one attached hydrogen (secondary N) is 1. The fraction of sp³-hybridized carbons (Fsp3) is 0.107. The van der Waals surface area contributed by atoms with Crippen molar-refractivity contribution in [3.63, 3.8) is 0 Å². The molecule has 0 unspecified atom stereocenters. The lowest BCUT2D eigenvalue weighted by molar-refractivity contribution is 0.102. The molecule has 0 aliphatic rings. The molecule has 0 saturated carbocycles. The second kappa shape index (κ2) is 11.3. The molecule has 0 aromatic heterocycles. The van der Waals surface area contributed by atoms with E-state index in [1.165, 1.54) is 0 Å². The summed E-state index contributed by atoms with van der Waals surface area (Å²) in [6, 6.07) is 29.2. The fourth-order valence-electron chi connectivity index (χ4n) is 3.28. The predicted molar refractivity (Wildman–Crippen MR) is 134 cm³/mol. The summed E-state index contributed by atoms with van der Waals surface area (Å²) < 4.78 is 17.4. The van der Waals surface area contributed by atoms with Crippen LogP contribution in [0, 0.1) is 0 Å². The Hall–Kier alpha value is -3.96. The van der Waals surface area contributed by atoms with E-state index in [0.29, 0.717) is 40.1 Å². The van der Waals surface area contributed by atoms with Gasteiger partial charge in [-0.05, 0) is 79.7 Å². The third-order valence-corrected chi connectivity index (χ3v) is 5.14. The third kappa shape index (κ3) is 6.30. The number of hydrogen-bond donors (Lipinski definition) is 1. The summed E-state index contributed by atoms with van der Waals surface area (Å²) in [6.45, 7) is 2.66. The number of carbonyl (C=O) groups is 1. The lowest BCUT2D eigenvalue weighted by atomic mass is 10.1. The second-order valence-electron chi connectivity index (χ2n) is 7.40. The molecule has 5 nitrogen and oxygen atoms in total. The van der Waals surface area contributed by atoms with Gasteiger partial charge >= 0.3 is 0 Å². The van der Waals surface area contributed by atoms with Crippen LogP contribution in [0.25, 0.3) is 0 Å². The summed E-state index contributed by atoms with van der Waals surface area (Å²) in [7, 11) is 0. The van der Waals surface area contributed by atoms with Gasteiger partial charge in [-0.25, -0.2) is 0 Å². The quantitative estimate of drug-likeness (QED) is 0.276. The van der Waals surface area contributed by atoms with Crippen molar-refractivity contribution in [3.05, 3.63) is 113 Å². The SMILES string of the molecule is CCOc1ccc(C(=O)Nc2ccc(Oc3ccccc3)cc2)cc1COc1cccc(Cl)c1. The molecule has 0 spiro atoms. The van der Waals surface area contributed by atoms with E-state index >= 15 is 0 Å². The topological polar surface area (TPSA) is 56.8 Å². The standard InChI is InChI=1S/C28H24ClNO4/c1-2-32-27-16-11-20(17-21(27)19-33-26-10-6-7-22(29)18-26)28(31)30-23-12-14-25(15-13-23)34-24-8-4-3-5-9-24/h3-18H,2,19H2,1H3,(H,30,31). The second-order valence-corrected chi connectivity index (χ2v) is 7.83. The van der Waals surface area contributed by atoms with E-state index in [1.54, 1.807) is 42.5 Å². The van der Waals surface area contributed by atoms with E-state index in [4.69, 9.17) is 25.8 Å². The molecule has 1 N–H and O–H groups in total. The van der Waals surface area contributed by atoms with Crippen molar-refractivity contribution < 1.29 is 19.0 Å². The van der Waals surface area contributed by atoms with Crippen LogP contribution in [0.3, 0.4) is 0 Å². The first-order chi connectivity index (χ1) is 16.6. The highest BCUT2D eigenvalue weighted by Gasteiger charge is 2.12. The van der Waals surface area contributed by atoms with Crippen LogP contribution >= 0.6 is 11.6 Å². The van der Waals surface area contributed by atoms with Gasteiger partial charge in [0.05, 0.1) is 6.61 Å². The molecule has 0 saturated heterocycles. The average Bonchev–Trinajstić information content (AvgIpc) is 2.85. The minimum atomic E-state index is -0.233. The van der Waals surface area contributed by atoms with Crippen molar-refractivity contribution in [1.29, 1.82) is 0 Å². The van der Waals surface area contributed by atoms with Crippen molar-refractivity contribution in [2.24, 2.45) is 0 Å². The van der Waals surface area contributed by atoms with Crippen LogP contribution in [0.5, 0.6) is 23.0 Å². The average molecular weight is 474 g/mol. The molecule has 172 valence electrons. The van der Waals surface area contributed by atoms with Crippen LogP contribution in [0.4, 0.5) is 5.69 Å². The highest BCUT2D eigenvalue weighted by molar-refractivity contribution is 6.30. The Morgan fingerprint density at radius 3 is 2.26 bits per heavy atom. The van der Waals surface area contributed by atoms with Crippen LogP contribution in [-0.2, 0) is 6.61 Å². The van der Waals surface area contributed by atoms with Gasteiger partial charge in [0, 0.05) is 21.8 Å². The maximum absolute atomic E-state index is 12.9.